The summed E-state index contributed by atoms with van der Waals surface area (Å²) >= 11 is 6.03. The quantitative estimate of drug-likeness (QED) is 0.809. The number of amides is 1. The molecule has 0 aliphatic carbocycles. The summed E-state index contributed by atoms with van der Waals surface area (Å²) in [7, 11) is 1.37. The number of fused-ring (bicyclic) bond motifs is 1. The average molecular weight is 339 g/mol. The molecule has 7 heteroatoms. The standard InChI is InChI=1S/C16H19ClN2O4/c1-23-15(20)11-3-2-6-18-14(11)13-8-9-7-10(17)4-5-12(9)19(13)16(21)22/h4-5,7,11,13-14,18H,2-3,6,8H2,1H3,(H,21,22). The molecule has 6 nitrogen and oxygen atoms in total. The Morgan fingerprint density at radius 3 is 2.91 bits per heavy atom. The van der Waals surface area contributed by atoms with Crippen LogP contribution in [0, 0.1) is 5.92 Å². The van der Waals surface area contributed by atoms with Crippen LogP contribution in [0.15, 0.2) is 18.2 Å². The van der Waals surface area contributed by atoms with E-state index in [1.165, 1.54) is 12.0 Å². The van der Waals surface area contributed by atoms with Crippen LogP contribution in [0.3, 0.4) is 0 Å². The summed E-state index contributed by atoms with van der Waals surface area (Å²) in [5.74, 6) is -0.632. The van der Waals surface area contributed by atoms with E-state index in [2.05, 4.69) is 5.32 Å². The normalized spacial score (nSPS) is 26.7. The van der Waals surface area contributed by atoms with Crippen molar-refractivity contribution in [2.24, 2.45) is 5.92 Å². The summed E-state index contributed by atoms with van der Waals surface area (Å²) in [6.07, 6.45) is 1.08. The molecule has 23 heavy (non-hydrogen) atoms. The van der Waals surface area contributed by atoms with Crippen LogP contribution in [0.5, 0.6) is 0 Å². The summed E-state index contributed by atoms with van der Waals surface area (Å²) in [6.45, 7) is 0.763. The topological polar surface area (TPSA) is 78.9 Å². The lowest BCUT2D eigenvalue weighted by atomic mass is 9.85. The second kappa shape index (κ2) is 6.37. The third-order valence-electron chi connectivity index (χ3n) is 4.69. The minimum atomic E-state index is -1.02. The third-order valence-corrected chi connectivity index (χ3v) is 4.93. The molecule has 1 saturated heterocycles. The number of halogens is 1. The van der Waals surface area contributed by atoms with Crippen molar-refractivity contribution in [1.29, 1.82) is 0 Å². The Hall–Kier alpha value is -1.79. The largest absolute Gasteiger partial charge is 0.469 e. The minimum Gasteiger partial charge on any atom is -0.469 e. The number of benzene rings is 1. The van der Waals surface area contributed by atoms with E-state index < -0.39 is 6.09 Å². The number of carbonyl (C=O) groups excluding carboxylic acids is 1. The molecule has 0 bridgehead atoms. The number of nitrogens with one attached hydrogen (secondary N) is 1. The maximum atomic E-state index is 12.1. The highest BCUT2D eigenvalue weighted by atomic mass is 35.5. The second-order valence-electron chi connectivity index (χ2n) is 5.95. The Kier molecular flexibility index (Phi) is 4.46. The van der Waals surface area contributed by atoms with Crippen molar-refractivity contribution >= 4 is 29.4 Å². The van der Waals surface area contributed by atoms with Gasteiger partial charge in [0.05, 0.1) is 24.8 Å². The van der Waals surface area contributed by atoms with Crippen molar-refractivity contribution in [2.75, 3.05) is 18.6 Å². The molecule has 0 spiro atoms. The van der Waals surface area contributed by atoms with Gasteiger partial charge in [0.2, 0.25) is 0 Å². The Morgan fingerprint density at radius 1 is 1.43 bits per heavy atom. The molecule has 2 N–H and O–H groups in total. The second-order valence-corrected chi connectivity index (χ2v) is 6.39. The van der Waals surface area contributed by atoms with E-state index in [0.717, 1.165) is 18.5 Å². The van der Waals surface area contributed by atoms with Crippen LogP contribution < -0.4 is 10.2 Å². The Balaban J connectivity index is 1.95. The fourth-order valence-corrected chi connectivity index (χ4v) is 3.91. The third kappa shape index (κ3) is 2.88. The van der Waals surface area contributed by atoms with E-state index in [1.807, 2.05) is 0 Å². The Bertz CT molecular complexity index is 637. The van der Waals surface area contributed by atoms with E-state index in [4.69, 9.17) is 16.3 Å². The fourth-order valence-electron chi connectivity index (χ4n) is 3.71. The number of hydrogen-bond donors (Lipinski definition) is 2. The van der Waals surface area contributed by atoms with E-state index in [9.17, 15) is 14.7 Å². The smallest absolute Gasteiger partial charge is 0.412 e. The molecule has 3 unspecified atom stereocenters. The van der Waals surface area contributed by atoms with Crippen LogP contribution in [0.2, 0.25) is 5.02 Å². The van der Waals surface area contributed by atoms with Gasteiger partial charge in [-0.05, 0) is 49.6 Å². The number of carbonyl (C=O) groups is 2. The molecule has 124 valence electrons. The highest BCUT2D eigenvalue weighted by Crippen LogP contribution is 2.38. The van der Waals surface area contributed by atoms with E-state index in [-0.39, 0.29) is 24.0 Å². The number of rotatable bonds is 2. The molecule has 1 fully saturated rings. The van der Waals surface area contributed by atoms with Crippen LogP contribution in [0.4, 0.5) is 10.5 Å². The van der Waals surface area contributed by atoms with Gasteiger partial charge in [-0.3, -0.25) is 9.69 Å². The van der Waals surface area contributed by atoms with Gasteiger partial charge < -0.3 is 15.2 Å². The summed E-state index contributed by atoms with van der Waals surface area (Å²) in [6, 6.07) is 4.60. The van der Waals surface area contributed by atoms with Crippen molar-refractivity contribution in [2.45, 2.75) is 31.3 Å². The maximum Gasteiger partial charge on any atom is 0.412 e. The highest BCUT2D eigenvalue weighted by molar-refractivity contribution is 6.30. The fraction of sp³-hybridized carbons (Fsp3) is 0.500. The number of esters is 1. The maximum absolute atomic E-state index is 12.1. The first kappa shape index (κ1) is 16.1. The first-order chi connectivity index (χ1) is 11.0. The molecule has 1 amide bonds. The van der Waals surface area contributed by atoms with Crippen LogP contribution in [0.25, 0.3) is 0 Å². The number of carboxylic acid groups (broad SMARTS) is 1. The zero-order valence-corrected chi connectivity index (χ0v) is 13.5. The molecule has 0 radical (unpaired) electrons. The van der Waals surface area contributed by atoms with Gasteiger partial charge in [-0.2, -0.15) is 0 Å². The lowest BCUT2D eigenvalue weighted by molar-refractivity contribution is -0.147. The number of anilines is 1. The molecule has 0 saturated carbocycles. The van der Waals surface area contributed by atoms with Crippen molar-refractivity contribution in [1.82, 2.24) is 5.32 Å². The van der Waals surface area contributed by atoms with Gasteiger partial charge in [0.25, 0.3) is 0 Å². The van der Waals surface area contributed by atoms with Crippen LogP contribution in [0.1, 0.15) is 18.4 Å². The molecular formula is C16H19ClN2O4. The average Bonchev–Trinajstić information content (AvgIpc) is 2.92. The first-order valence-electron chi connectivity index (χ1n) is 7.64. The number of nitrogens with zero attached hydrogens (tertiary/aromatic N) is 1. The van der Waals surface area contributed by atoms with Crippen LogP contribution in [-0.4, -0.2) is 42.9 Å². The molecule has 2 aliphatic heterocycles. The predicted octanol–water partition coefficient (Wildman–Crippen LogP) is 2.29. The number of piperidine rings is 1. The molecule has 0 aromatic heterocycles. The molecule has 3 rings (SSSR count). The van der Waals surface area contributed by atoms with Crippen LogP contribution in [-0.2, 0) is 16.0 Å². The van der Waals surface area contributed by atoms with E-state index >= 15 is 0 Å². The molecule has 1 aromatic rings. The summed E-state index contributed by atoms with van der Waals surface area (Å²) < 4.78 is 4.91. The minimum absolute atomic E-state index is 0.265. The highest BCUT2D eigenvalue weighted by Gasteiger charge is 2.45. The first-order valence-corrected chi connectivity index (χ1v) is 8.02. The molecule has 2 heterocycles. The Labute approximate surface area is 139 Å². The van der Waals surface area contributed by atoms with Gasteiger partial charge in [0.1, 0.15) is 0 Å². The lowest BCUT2D eigenvalue weighted by Crippen LogP contribution is -2.58. The molecular weight excluding hydrogens is 320 g/mol. The molecule has 2 aliphatic rings. The SMILES string of the molecule is COC(=O)C1CCCNC1C1Cc2cc(Cl)ccc2N1C(=O)O. The molecule has 1 aromatic carbocycles. The molecule has 3 atom stereocenters. The van der Waals surface area contributed by atoms with Crippen molar-refractivity contribution in [3.8, 4) is 0 Å². The number of ether oxygens (including phenoxy) is 1. The number of methoxy groups -OCH3 is 1. The van der Waals surface area contributed by atoms with Gasteiger partial charge in [-0.15, -0.1) is 0 Å². The van der Waals surface area contributed by atoms with Crippen molar-refractivity contribution in [3.63, 3.8) is 0 Å². The van der Waals surface area contributed by atoms with Crippen LogP contribution >= 0.6 is 11.6 Å². The van der Waals surface area contributed by atoms with Gasteiger partial charge in [0.15, 0.2) is 0 Å². The van der Waals surface area contributed by atoms with E-state index in [0.29, 0.717) is 23.6 Å². The predicted molar refractivity (Wildman–Crippen MR) is 86.0 cm³/mol. The van der Waals surface area contributed by atoms with Gasteiger partial charge in [-0.25, -0.2) is 4.79 Å². The monoisotopic (exact) mass is 338 g/mol. The zero-order valence-electron chi connectivity index (χ0n) is 12.8. The summed E-state index contributed by atoms with van der Waals surface area (Å²) in [5.41, 5.74) is 1.53. The lowest BCUT2D eigenvalue weighted by Gasteiger charge is -2.37. The summed E-state index contributed by atoms with van der Waals surface area (Å²) in [5, 5.41) is 13.6. The van der Waals surface area contributed by atoms with Crippen molar-refractivity contribution < 1.29 is 19.4 Å². The van der Waals surface area contributed by atoms with E-state index in [1.54, 1.807) is 18.2 Å². The summed E-state index contributed by atoms with van der Waals surface area (Å²) in [4.78, 5) is 25.2. The van der Waals surface area contributed by atoms with Crippen molar-refractivity contribution in [3.05, 3.63) is 28.8 Å². The zero-order chi connectivity index (χ0) is 16.6. The number of hydrogen-bond acceptors (Lipinski definition) is 4. The Morgan fingerprint density at radius 2 is 2.22 bits per heavy atom. The van der Waals surface area contributed by atoms with Gasteiger partial charge in [-0.1, -0.05) is 11.6 Å². The van der Waals surface area contributed by atoms with Gasteiger partial charge in [0, 0.05) is 11.1 Å². The van der Waals surface area contributed by atoms with Gasteiger partial charge >= 0.3 is 12.1 Å².